The molecule has 2 heterocycles. The van der Waals surface area contributed by atoms with Crippen molar-refractivity contribution < 1.29 is 9.47 Å². The Morgan fingerprint density at radius 1 is 1.03 bits per heavy atom. The lowest BCUT2D eigenvalue weighted by Gasteiger charge is -2.31. The molecule has 0 radical (unpaired) electrons. The van der Waals surface area contributed by atoms with E-state index in [1.54, 1.807) is 21.3 Å². The Labute approximate surface area is 202 Å². The summed E-state index contributed by atoms with van der Waals surface area (Å²) in [4.78, 5) is 11.3. The highest BCUT2D eigenvalue weighted by molar-refractivity contribution is 14.0. The number of ether oxygens (including phenoxy) is 2. The second-order valence-electron chi connectivity index (χ2n) is 7.66. The lowest BCUT2D eigenvalue weighted by molar-refractivity contribution is 0.354. The molecule has 1 aromatic carbocycles. The Balaban J connectivity index is 0.00000341. The second kappa shape index (κ2) is 12.6. The zero-order valence-electron chi connectivity index (χ0n) is 18.9. The first kappa shape index (κ1) is 25.0. The number of hydrogen-bond donors (Lipinski definition) is 2. The van der Waals surface area contributed by atoms with Crippen LogP contribution in [0.4, 0.5) is 5.82 Å². The first-order valence-corrected chi connectivity index (χ1v) is 10.5. The lowest BCUT2D eigenvalue weighted by Crippen LogP contribution is -2.36. The highest BCUT2D eigenvalue weighted by atomic mass is 127. The van der Waals surface area contributed by atoms with Crippen LogP contribution in [0.3, 0.4) is 0 Å². The van der Waals surface area contributed by atoms with Gasteiger partial charge in [0.05, 0.1) is 14.2 Å². The first-order valence-electron chi connectivity index (χ1n) is 10.5. The van der Waals surface area contributed by atoms with E-state index in [2.05, 4.69) is 44.6 Å². The standard InChI is InChI=1S/C23H33N5O2.HI/c1-17-9-11-28(12-10-17)22-8-6-19(15-25-22)16-27-23(24-2)26-14-18-5-7-20(29-3)21(13-18)30-4;/h5-8,13,15,17H,9-12,14,16H2,1-4H3,(H2,24,26,27);1H. The van der Waals surface area contributed by atoms with E-state index in [4.69, 9.17) is 9.47 Å². The molecule has 8 heteroatoms. The van der Waals surface area contributed by atoms with Crippen LogP contribution in [0.1, 0.15) is 30.9 Å². The Bertz CT molecular complexity index is 836. The number of nitrogens with zero attached hydrogens (tertiary/aromatic N) is 3. The third kappa shape index (κ3) is 7.15. The maximum absolute atomic E-state index is 5.36. The number of guanidine groups is 1. The molecule has 7 nitrogen and oxygen atoms in total. The van der Waals surface area contributed by atoms with Crippen LogP contribution in [0, 0.1) is 5.92 Å². The van der Waals surface area contributed by atoms with Gasteiger partial charge in [-0.05, 0) is 48.1 Å². The number of aromatic nitrogens is 1. The van der Waals surface area contributed by atoms with Crippen molar-refractivity contribution in [3.05, 3.63) is 47.7 Å². The van der Waals surface area contributed by atoms with Gasteiger partial charge in [0.2, 0.25) is 0 Å². The van der Waals surface area contributed by atoms with Crippen molar-refractivity contribution in [2.24, 2.45) is 10.9 Å². The number of benzene rings is 1. The van der Waals surface area contributed by atoms with E-state index in [1.165, 1.54) is 12.8 Å². The van der Waals surface area contributed by atoms with Crippen molar-refractivity contribution in [3.8, 4) is 11.5 Å². The maximum atomic E-state index is 5.36. The van der Waals surface area contributed by atoms with Gasteiger partial charge in [-0.1, -0.05) is 19.1 Å². The molecule has 1 saturated heterocycles. The van der Waals surface area contributed by atoms with Crippen LogP contribution >= 0.6 is 24.0 Å². The molecular formula is C23H34IN5O2. The van der Waals surface area contributed by atoms with Crippen molar-refractivity contribution in [2.45, 2.75) is 32.9 Å². The van der Waals surface area contributed by atoms with Crippen LogP contribution in [0.2, 0.25) is 0 Å². The molecule has 0 spiro atoms. The molecule has 1 aromatic heterocycles. The van der Waals surface area contributed by atoms with E-state index in [1.807, 2.05) is 24.4 Å². The highest BCUT2D eigenvalue weighted by Gasteiger charge is 2.16. The summed E-state index contributed by atoms with van der Waals surface area (Å²) in [5.74, 6) is 4.07. The number of pyridine rings is 1. The van der Waals surface area contributed by atoms with Gasteiger partial charge >= 0.3 is 0 Å². The number of aliphatic imine (C=N–C) groups is 1. The van der Waals surface area contributed by atoms with Gasteiger partial charge in [-0.15, -0.1) is 24.0 Å². The van der Waals surface area contributed by atoms with Crippen molar-refractivity contribution in [2.75, 3.05) is 39.3 Å². The van der Waals surface area contributed by atoms with Crippen LogP contribution in [-0.2, 0) is 13.1 Å². The zero-order chi connectivity index (χ0) is 21.3. The first-order chi connectivity index (χ1) is 14.6. The molecule has 3 rings (SSSR count). The van der Waals surface area contributed by atoms with E-state index < -0.39 is 0 Å². The van der Waals surface area contributed by atoms with E-state index in [0.29, 0.717) is 18.8 Å². The summed E-state index contributed by atoms with van der Waals surface area (Å²) in [5, 5.41) is 6.67. The predicted molar refractivity (Wildman–Crippen MR) is 137 cm³/mol. The van der Waals surface area contributed by atoms with Crippen molar-refractivity contribution in [3.63, 3.8) is 0 Å². The highest BCUT2D eigenvalue weighted by Crippen LogP contribution is 2.27. The number of piperidine rings is 1. The number of rotatable bonds is 7. The van der Waals surface area contributed by atoms with E-state index in [9.17, 15) is 0 Å². The molecule has 1 aliphatic heterocycles. The van der Waals surface area contributed by atoms with Gasteiger partial charge in [0.1, 0.15) is 5.82 Å². The Kier molecular flexibility index (Phi) is 10.2. The normalized spacial score (nSPS) is 14.6. The number of anilines is 1. The number of hydrogen-bond acceptors (Lipinski definition) is 5. The average molecular weight is 539 g/mol. The molecule has 2 aromatic rings. The molecule has 2 N–H and O–H groups in total. The molecule has 31 heavy (non-hydrogen) atoms. The van der Waals surface area contributed by atoms with Crippen LogP contribution in [0.15, 0.2) is 41.5 Å². The van der Waals surface area contributed by atoms with Gasteiger partial charge < -0.3 is 25.0 Å². The zero-order valence-corrected chi connectivity index (χ0v) is 21.2. The predicted octanol–water partition coefficient (Wildman–Crippen LogP) is 3.82. The maximum Gasteiger partial charge on any atom is 0.191 e. The number of methoxy groups -OCH3 is 2. The van der Waals surface area contributed by atoms with Crippen LogP contribution in [0.5, 0.6) is 11.5 Å². The van der Waals surface area contributed by atoms with Crippen molar-refractivity contribution in [1.82, 2.24) is 15.6 Å². The molecule has 0 amide bonds. The molecule has 0 bridgehead atoms. The van der Waals surface area contributed by atoms with E-state index in [0.717, 1.165) is 47.7 Å². The summed E-state index contributed by atoms with van der Waals surface area (Å²) in [6.45, 7) is 5.81. The molecule has 170 valence electrons. The fourth-order valence-corrected chi connectivity index (χ4v) is 3.53. The summed E-state index contributed by atoms with van der Waals surface area (Å²) >= 11 is 0. The monoisotopic (exact) mass is 539 g/mol. The minimum atomic E-state index is 0. The van der Waals surface area contributed by atoms with Gasteiger partial charge in [-0.25, -0.2) is 4.98 Å². The largest absolute Gasteiger partial charge is 0.493 e. The van der Waals surface area contributed by atoms with Gasteiger partial charge in [0.25, 0.3) is 0 Å². The quantitative estimate of drug-likeness (QED) is 0.317. The Hall–Kier alpha value is -2.23. The summed E-state index contributed by atoms with van der Waals surface area (Å²) in [6.07, 6.45) is 4.43. The fraction of sp³-hybridized carbons (Fsp3) is 0.478. The van der Waals surface area contributed by atoms with Gasteiger partial charge in [0.15, 0.2) is 17.5 Å². The molecule has 1 aliphatic rings. The van der Waals surface area contributed by atoms with Gasteiger partial charge in [0, 0.05) is 39.4 Å². The van der Waals surface area contributed by atoms with Crippen LogP contribution in [-0.4, -0.2) is 45.3 Å². The third-order valence-electron chi connectivity index (χ3n) is 5.51. The molecule has 0 unspecified atom stereocenters. The number of nitrogens with one attached hydrogen (secondary N) is 2. The van der Waals surface area contributed by atoms with Gasteiger partial charge in [-0.3, -0.25) is 4.99 Å². The third-order valence-corrected chi connectivity index (χ3v) is 5.51. The summed E-state index contributed by atoms with van der Waals surface area (Å²) in [7, 11) is 5.04. The second-order valence-corrected chi connectivity index (χ2v) is 7.66. The molecule has 1 fully saturated rings. The SMILES string of the molecule is CN=C(NCc1ccc(N2CCC(C)CC2)nc1)NCc1ccc(OC)c(OC)c1.I. The minimum Gasteiger partial charge on any atom is -0.493 e. The fourth-order valence-electron chi connectivity index (χ4n) is 3.53. The molecule has 0 atom stereocenters. The molecule has 0 aliphatic carbocycles. The Morgan fingerprint density at radius 3 is 2.26 bits per heavy atom. The van der Waals surface area contributed by atoms with Gasteiger partial charge in [-0.2, -0.15) is 0 Å². The average Bonchev–Trinajstić information content (AvgIpc) is 2.80. The summed E-state index contributed by atoms with van der Waals surface area (Å²) in [6, 6.07) is 10.1. The van der Waals surface area contributed by atoms with E-state index in [-0.39, 0.29) is 24.0 Å². The summed E-state index contributed by atoms with van der Waals surface area (Å²) in [5.41, 5.74) is 2.20. The molecule has 0 saturated carbocycles. The minimum absolute atomic E-state index is 0. The smallest absolute Gasteiger partial charge is 0.191 e. The van der Waals surface area contributed by atoms with E-state index >= 15 is 0 Å². The lowest BCUT2D eigenvalue weighted by atomic mass is 9.99. The number of halogens is 1. The topological polar surface area (TPSA) is 71.0 Å². The van der Waals surface area contributed by atoms with Crippen molar-refractivity contribution in [1.29, 1.82) is 0 Å². The van der Waals surface area contributed by atoms with Crippen LogP contribution in [0.25, 0.3) is 0 Å². The summed E-state index contributed by atoms with van der Waals surface area (Å²) < 4.78 is 10.7. The molecular weight excluding hydrogens is 505 g/mol. The van der Waals surface area contributed by atoms with Crippen molar-refractivity contribution >= 4 is 35.8 Å². The van der Waals surface area contributed by atoms with Crippen LogP contribution < -0.4 is 25.0 Å². The Morgan fingerprint density at radius 2 is 1.68 bits per heavy atom.